The summed E-state index contributed by atoms with van der Waals surface area (Å²) in [4.78, 5) is 14.1. The lowest BCUT2D eigenvalue weighted by atomic mass is 10.2. The van der Waals surface area contributed by atoms with Gasteiger partial charge in [0.25, 0.3) is 0 Å². The van der Waals surface area contributed by atoms with Crippen LogP contribution in [0.4, 0.5) is 0 Å². The Kier molecular flexibility index (Phi) is 4.49. The molecule has 2 heterocycles. The third-order valence-corrected chi connectivity index (χ3v) is 4.32. The highest BCUT2D eigenvalue weighted by Crippen LogP contribution is 2.11. The lowest BCUT2D eigenvalue weighted by Crippen LogP contribution is -2.44. The summed E-state index contributed by atoms with van der Waals surface area (Å²) < 4.78 is 0. The third kappa shape index (κ3) is 3.64. The normalized spacial score (nSPS) is 31.6. The van der Waals surface area contributed by atoms with Gasteiger partial charge in [0, 0.05) is 43.1 Å². The minimum absolute atomic E-state index is 0.209. The van der Waals surface area contributed by atoms with Crippen molar-refractivity contribution in [1.82, 2.24) is 15.5 Å². The molecule has 4 nitrogen and oxygen atoms in total. The van der Waals surface area contributed by atoms with E-state index in [4.69, 9.17) is 0 Å². The molecule has 2 aliphatic heterocycles. The first-order chi connectivity index (χ1) is 7.74. The number of hydrogen-bond donors (Lipinski definition) is 2. The molecule has 16 heavy (non-hydrogen) atoms. The SMILES string of the molecule is CN1CCC(NC(=O)CC2CSCCN2)C1. The van der Waals surface area contributed by atoms with Crippen molar-refractivity contribution in [1.29, 1.82) is 0 Å². The number of hydrogen-bond acceptors (Lipinski definition) is 4. The van der Waals surface area contributed by atoms with Crippen molar-refractivity contribution in [3.8, 4) is 0 Å². The topological polar surface area (TPSA) is 44.4 Å². The van der Waals surface area contributed by atoms with Crippen LogP contribution >= 0.6 is 11.8 Å². The quantitative estimate of drug-likeness (QED) is 0.727. The zero-order valence-electron chi connectivity index (χ0n) is 9.87. The zero-order chi connectivity index (χ0) is 11.4. The maximum atomic E-state index is 11.8. The molecule has 92 valence electrons. The van der Waals surface area contributed by atoms with Crippen LogP contribution in [0, 0.1) is 0 Å². The second-order valence-corrected chi connectivity index (χ2v) is 5.90. The Balaban J connectivity index is 1.67. The van der Waals surface area contributed by atoms with Gasteiger partial charge in [-0.15, -0.1) is 0 Å². The average molecular weight is 243 g/mol. The lowest BCUT2D eigenvalue weighted by molar-refractivity contribution is -0.122. The summed E-state index contributed by atoms with van der Waals surface area (Å²) in [5.74, 6) is 2.45. The number of nitrogens with one attached hydrogen (secondary N) is 2. The van der Waals surface area contributed by atoms with E-state index < -0.39 is 0 Å². The van der Waals surface area contributed by atoms with Gasteiger partial charge in [-0.25, -0.2) is 0 Å². The van der Waals surface area contributed by atoms with E-state index in [1.54, 1.807) is 0 Å². The van der Waals surface area contributed by atoms with Gasteiger partial charge in [-0.3, -0.25) is 4.79 Å². The summed E-state index contributed by atoms with van der Waals surface area (Å²) in [6.45, 7) is 3.13. The van der Waals surface area contributed by atoms with Crippen molar-refractivity contribution in [2.45, 2.75) is 24.9 Å². The number of likely N-dealkylation sites (tertiary alicyclic amines) is 1. The van der Waals surface area contributed by atoms with Gasteiger partial charge in [-0.05, 0) is 20.0 Å². The molecule has 5 heteroatoms. The van der Waals surface area contributed by atoms with Gasteiger partial charge >= 0.3 is 0 Å². The van der Waals surface area contributed by atoms with Crippen LogP contribution in [0.3, 0.4) is 0 Å². The Hall–Kier alpha value is -0.260. The first-order valence-corrected chi connectivity index (χ1v) is 7.18. The fourth-order valence-electron chi connectivity index (χ4n) is 2.31. The van der Waals surface area contributed by atoms with Crippen LogP contribution in [-0.2, 0) is 4.79 Å². The predicted molar refractivity (Wildman–Crippen MR) is 67.8 cm³/mol. The van der Waals surface area contributed by atoms with Crippen LogP contribution in [0.15, 0.2) is 0 Å². The minimum atomic E-state index is 0.209. The predicted octanol–water partition coefficient (Wildman–Crippen LogP) is -0.0982. The van der Waals surface area contributed by atoms with E-state index in [0.717, 1.165) is 31.8 Å². The van der Waals surface area contributed by atoms with Crippen LogP contribution < -0.4 is 10.6 Å². The van der Waals surface area contributed by atoms with Gasteiger partial charge < -0.3 is 15.5 Å². The van der Waals surface area contributed by atoms with Gasteiger partial charge in [0.2, 0.25) is 5.91 Å². The Bertz CT molecular complexity index is 235. The van der Waals surface area contributed by atoms with E-state index in [9.17, 15) is 4.79 Å². The molecule has 2 fully saturated rings. The fourth-order valence-corrected chi connectivity index (χ4v) is 3.26. The Morgan fingerprint density at radius 2 is 2.50 bits per heavy atom. The lowest BCUT2D eigenvalue weighted by Gasteiger charge is -2.23. The Labute approximate surface area is 102 Å². The summed E-state index contributed by atoms with van der Waals surface area (Å²) in [6, 6.07) is 0.742. The van der Waals surface area contributed by atoms with Crippen LogP contribution in [0.25, 0.3) is 0 Å². The molecule has 0 bridgehead atoms. The molecule has 2 rings (SSSR count). The maximum Gasteiger partial charge on any atom is 0.221 e. The van der Waals surface area contributed by atoms with Crippen molar-refractivity contribution >= 4 is 17.7 Å². The summed E-state index contributed by atoms with van der Waals surface area (Å²) in [7, 11) is 2.10. The first kappa shape index (κ1) is 12.2. The van der Waals surface area contributed by atoms with Gasteiger partial charge in [0.1, 0.15) is 0 Å². The Morgan fingerprint density at radius 1 is 1.62 bits per heavy atom. The zero-order valence-corrected chi connectivity index (χ0v) is 10.7. The number of likely N-dealkylation sites (N-methyl/N-ethyl adjacent to an activating group) is 1. The smallest absolute Gasteiger partial charge is 0.221 e. The number of carbonyl (C=O) groups excluding carboxylic acids is 1. The summed E-state index contributed by atoms with van der Waals surface area (Å²) in [6.07, 6.45) is 1.72. The van der Waals surface area contributed by atoms with E-state index in [1.165, 1.54) is 5.75 Å². The Morgan fingerprint density at radius 3 is 3.12 bits per heavy atom. The first-order valence-electron chi connectivity index (χ1n) is 6.03. The van der Waals surface area contributed by atoms with E-state index in [2.05, 4.69) is 22.6 Å². The molecule has 2 saturated heterocycles. The van der Waals surface area contributed by atoms with Crippen molar-refractivity contribution in [3.63, 3.8) is 0 Å². The number of carbonyl (C=O) groups is 1. The molecule has 0 aromatic heterocycles. The standard InChI is InChI=1S/C11H21N3OS/c1-14-4-2-9(7-14)13-11(15)6-10-8-16-5-3-12-10/h9-10,12H,2-8H2,1H3,(H,13,15). The second-order valence-electron chi connectivity index (χ2n) is 4.75. The van der Waals surface area contributed by atoms with Crippen LogP contribution in [0.5, 0.6) is 0 Å². The average Bonchev–Trinajstić information content (AvgIpc) is 2.65. The summed E-state index contributed by atoms with van der Waals surface area (Å²) in [5, 5.41) is 6.52. The van der Waals surface area contributed by atoms with E-state index >= 15 is 0 Å². The molecule has 2 aliphatic rings. The molecule has 0 aromatic carbocycles. The molecule has 2 atom stereocenters. The molecule has 2 N–H and O–H groups in total. The summed E-state index contributed by atoms with van der Waals surface area (Å²) >= 11 is 1.94. The maximum absolute atomic E-state index is 11.8. The third-order valence-electron chi connectivity index (χ3n) is 3.19. The highest BCUT2D eigenvalue weighted by atomic mass is 32.2. The van der Waals surface area contributed by atoms with Crippen molar-refractivity contribution < 1.29 is 4.79 Å². The number of nitrogens with zero attached hydrogens (tertiary/aromatic N) is 1. The molecule has 0 spiro atoms. The van der Waals surface area contributed by atoms with Crippen molar-refractivity contribution in [2.75, 3.05) is 38.2 Å². The molecule has 0 aromatic rings. The highest BCUT2D eigenvalue weighted by Gasteiger charge is 2.23. The van der Waals surface area contributed by atoms with E-state index in [1.807, 2.05) is 11.8 Å². The second kappa shape index (κ2) is 5.89. The van der Waals surface area contributed by atoms with Crippen LogP contribution in [0.2, 0.25) is 0 Å². The van der Waals surface area contributed by atoms with Gasteiger partial charge in [0.05, 0.1) is 0 Å². The van der Waals surface area contributed by atoms with Gasteiger partial charge in [-0.1, -0.05) is 0 Å². The number of thioether (sulfide) groups is 1. The molecule has 0 aliphatic carbocycles. The van der Waals surface area contributed by atoms with Crippen LogP contribution in [0.1, 0.15) is 12.8 Å². The molecule has 2 unspecified atom stereocenters. The van der Waals surface area contributed by atoms with Crippen LogP contribution in [-0.4, -0.2) is 61.1 Å². The number of amides is 1. The van der Waals surface area contributed by atoms with Crippen molar-refractivity contribution in [3.05, 3.63) is 0 Å². The number of rotatable bonds is 3. The molecular formula is C11H21N3OS. The van der Waals surface area contributed by atoms with E-state index in [0.29, 0.717) is 18.5 Å². The molecule has 0 radical (unpaired) electrons. The van der Waals surface area contributed by atoms with Gasteiger partial charge in [-0.2, -0.15) is 11.8 Å². The van der Waals surface area contributed by atoms with Crippen molar-refractivity contribution in [2.24, 2.45) is 0 Å². The molecular weight excluding hydrogens is 222 g/mol. The highest BCUT2D eigenvalue weighted by molar-refractivity contribution is 7.99. The molecule has 0 saturated carbocycles. The fraction of sp³-hybridized carbons (Fsp3) is 0.909. The monoisotopic (exact) mass is 243 g/mol. The minimum Gasteiger partial charge on any atom is -0.352 e. The largest absolute Gasteiger partial charge is 0.352 e. The summed E-state index contributed by atoms with van der Waals surface area (Å²) in [5.41, 5.74) is 0. The van der Waals surface area contributed by atoms with E-state index in [-0.39, 0.29) is 5.91 Å². The van der Waals surface area contributed by atoms with Gasteiger partial charge in [0.15, 0.2) is 0 Å². The molecule has 1 amide bonds.